The number of benzene rings is 1. The summed E-state index contributed by atoms with van der Waals surface area (Å²) in [7, 11) is 2.01. The summed E-state index contributed by atoms with van der Waals surface area (Å²) in [5.41, 5.74) is 2.36. The monoisotopic (exact) mass is 261 g/mol. The van der Waals surface area contributed by atoms with Gasteiger partial charge in [-0.15, -0.1) is 11.3 Å². The van der Waals surface area contributed by atoms with Gasteiger partial charge in [0.2, 0.25) is 0 Å². The van der Waals surface area contributed by atoms with Gasteiger partial charge in [0.05, 0.1) is 6.54 Å². The zero-order chi connectivity index (χ0) is 13.1. The van der Waals surface area contributed by atoms with Crippen LogP contribution in [0, 0.1) is 6.92 Å². The molecule has 0 fully saturated rings. The van der Waals surface area contributed by atoms with Crippen molar-refractivity contribution in [1.82, 2.24) is 0 Å². The lowest BCUT2D eigenvalue weighted by Crippen LogP contribution is -2.15. The van der Waals surface area contributed by atoms with Gasteiger partial charge in [-0.3, -0.25) is 0 Å². The molecule has 1 N–H and O–H groups in total. The largest absolute Gasteiger partial charge is 0.477 e. The lowest BCUT2D eigenvalue weighted by molar-refractivity contribution is 0.0702. The van der Waals surface area contributed by atoms with Crippen LogP contribution in [0.2, 0.25) is 0 Å². The summed E-state index contributed by atoms with van der Waals surface area (Å²) in [5.74, 6) is -0.857. The number of carboxylic acid groups (broad SMARTS) is 1. The van der Waals surface area contributed by atoms with Crippen molar-refractivity contribution in [2.75, 3.05) is 11.9 Å². The molecule has 94 valence electrons. The average molecular weight is 261 g/mol. The van der Waals surface area contributed by atoms with Crippen LogP contribution in [0.5, 0.6) is 0 Å². The van der Waals surface area contributed by atoms with E-state index in [1.165, 1.54) is 16.9 Å². The third kappa shape index (κ3) is 2.90. The molecule has 1 heterocycles. The highest BCUT2D eigenvalue weighted by Crippen LogP contribution is 2.21. The summed E-state index contributed by atoms with van der Waals surface area (Å²) < 4.78 is 0. The van der Waals surface area contributed by atoms with Gasteiger partial charge in [-0.25, -0.2) is 4.79 Å². The molecule has 0 aliphatic heterocycles. The van der Waals surface area contributed by atoms with Crippen molar-refractivity contribution in [3.05, 3.63) is 51.7 Å². The van der Waals surface area contributed by atoms with E-state index in [0.29, 0.717) is 4.88 Å². The number of aryl methyl sites for hydroxylation is 1. The quantitative estimate of drug-likeness (QED) is 0.917. The Morgan fingerprint density at radius 3 is 2.72 bits per heavy atom. The standard InChI is InChI=1S/C14H15NO2S/c1-10-4-3-5-11(8-10)15(2)9-12-6-7-13(18-12)14(16)17/h3-8H,9H2,1-2H3,(H,16,17). The summed E-state index contributed by atoms with van der Waals surface area (Å²) in [6.45, 7) is 2.78. The summed E-state index contributed by atoms with van der Waals surface area (Å²) in [4.78, 5) is 14.4. The van der Waals surface area contributed by atoms with Gasteiger partial charge < -0.3 is 10.0 Å². The average Bonchev–Trinajstić information content (AvgIpc) is 2.77. The van der Waals surface area contributed by atoms with E-state index in [1.807, 2.05) is 19.2 Å². The Labute approximate surface area is 110 Å². The maximum atomic E-state index is 10.8. The second kappa shape index (κ2) is 5.23. The first-order valence-electron chi connectivity index (χ1n) is 5.66. The van der Waals surface area contributed by atoms with Crippen LogP contribution in [0.3, 0.4) is 0 Å². The Morgan fingerprint density at radius 2 is 2.11 bits per heavy atom. The van der Waals surface area contributed by atoms with E-state index in [0.717, 1.165) is 17.1 Å². The predicted molar refractivity (Wildman–Crippen MR) is 74.6 cm³/mol. The third-order valence-electron chi connectivity index (χ3n) is 2.71. The van der Waals surface area contributed by atoms with Crippen molar-refractivity contribution in [2.24, 2.45) is 0 Å². The van der Waals surface area contributed by atoms with Crippen LogP contribution in [0.1, 0.15) is 20.1 Å². The molecular formula is C14H15NO2S. The SMILES string of the molecule is Cc1cccc(N(C)Cc2ccc(C(=O)O)s2)c1. The lowest BCUT2D eigenvalue weighted by Gasteiger charge is -2.18. The van der Waals surface area contributed by atoms with Crippen molar-refractivity contribution >= 4 is 23.0 Å². The van der Waals surface area contributed by atoms with Gasteiger partial charge >= 0.3 is 5.97 Å². The molecule has 0 saturated carbocycles. The molecule has 2 aromatic rings. The Hall–Kier alpha value is -1.81. The molecular weight excluding hydrogens is 246 g/mol. The minimum Gasteiger partial charge on any atom is -0.477 e. The number of hydrogen-bond donors (Lipinski definition) is 1. The van der Waals surface area contributed by atoms with Crippen LogP contribution in [-0.4, -0.2) is 18.1 Å². The minimum absolute atomic E-state index is 0.391. The topological polar surface area (TPSA) is 40.5 Å². The number of carbonyl (C=O) groups is 1. The highest BCUT2D eigenvalue weighted by Gasteiger charge is 2.09. The van der Waals surface area contributed by atoms with Crippen molar-refractivity contribution in [1.29, 1.82) is 0 Å². The summed E-state index contributed by atoms with van der Waals surface area (Å²) in [5, 5.41) is 8.88. The lowest BCUT2D eigenvalue weighted by atomic mass is 10.2. The van der Waals surface area contributed by atoms with Crippen LogP contribution in [-0.2, 0) is 6.54 Å². The van der Waals surface area contributed by atoms with Crippen molar-refractivity contribution in [3.8, 4) is 0 Å². The maximum Gasteiger partial charge on any atom is 0.345 e. The molecule has 0 spiro atoms. The Morgan fingerprint density at radius 1 is 1.33 bits per heavy atom. The first kappa shape index (κ1) is 12.6. The molecule has 0 saturated heterocycles. The molecule has 0 bridgehead atoms. The molecule has 4 heteroatoms. The molecule has 0 aliphatic carbocycles. The van der Waals surface area contributed by atoms with Crippen LogP contribution in [0.4, 0.5) is 5.69 Å². The number of anilines is 1. The summed E-state index contributed by atoms with van der Waals surface area (Å²) >= 11 is 1.33. The van der Waals surface area contributed by atoms with E-state index in [1.54, 1.807) is 6.07 Å². The van der Waals surface area contributed by atoms with Crippen molar-refractivity contribution < 1.29 is 9.90 Å². The second-order valence-electron chi connectivity index (χ2n) is 4.27. The highest BCUT2D eigenvalue weighted by atomic mass is 32.1. The fourth-order valence-electron chi connectivity index (χ4n) is 1.77. The normalized spacial score (nSPS) is 10.3. The van der Waals surface area contributed by atoms with Crippen LogP contribution in [0.15, 0.2) is 36.4 Å². The van der Waals surface area contributed by atoms with Gasteiger partial charge in [0.25, 0.3) is 0 Å². The van der Waals surface area contributed by atoms with Gasteiger partial charge in [0.15, 0.2) is 0 Å². The number of carboxylic acids is 1. The van der Waals surface area contributed by atoms with E-state index >= 15 is 0 Å². The zero-order valence-electron chi connectivity index (χ0n) is 10.4. The Bertz CT molecular complexity index is 562. The molecule has 3 nitrogen and oxygen atoms in total. The molecule has 18 heavy (non-hydrogen) atoms. The second-order valence-corrected chi connectivity index (χ2v) is 5.43. The van der Waals surface area contributed by atoms with E-state index in [2.05, 4.69) is 30.0 Å². The number of hydrogen-bond acceptors (Lipinski definition) is 3. The summed E-state index contributed by atoms with van der Waals surface area (Å²) in [6.07, 6.45) is 0. The number of aromatic carboxylic acids is 1. The number of thiophene rings is 1. The first-order chi connectivity index (χ1) is 8.56. The van der Waals surface area contributed by atoms with Gasteiger partial charge in [-0.1, -0.05) is 12.1 Å². The fourth-order valence-corrected chi connectivity index (χ4v) is 2.67. The summed E-state index contributed by atoms with van der Waals surface area (Å²) in [6, 6.07) is 11.8. The van der Waals surface area contributed by atoms with Gasteiger partial charge in [-0.05, 0) is 36.8 Å². The van der Waals surface area contributed by atoms with Crippen LogP contribution in [0.25, 0.3) is 0 Å². The van der Waals surface area contributed by atoms with Crippen LogP contribution < -0.4 is 4.90 Å². The predicted octanol–water partition coefficient (Wildman–Crippen LogP) is 3.39. The van der Waals surface area contributed by atoms with E-state index in [4.69, 9.17) is 5.11 Å². The number of nitrogens with zero attached hydrogens (tertiary/aromatic N) is 1. The van der Waals surface area contributed by atoms with Crippen molar-refractivity contribution in [2.45, 2.75) is 13.5 Å². The van der Waals surface area contributed by atoms with Crippen LogP contribution >= 0.6 is 11.3 Å². The maximum absolute atomic E-state index is 10.8. The molecule has 0 amide bonds. The molecule has 1 aromatic carbocycles. The van der Waals surface area contributed by atoms with Gasteiger partial charge in [0.1, 0.15) is 4.88 Å². The zero-order valence-corrected chi connectivity index (χ0v) is 11.2. The van der Waals surface area contributed by atoms with E-state index in [9.17, 15) is 4.79 Å². The number of rotatable bonds is 4. The fraction of sp³-hybridized carbons (Fsp3) is 0.214. The van der Waals surface area contributed by atoms with Crippen molar-refractivity contribution in [3.63, 3.8) is 0 Å². The highest BCUT2D eigenvalue weighted by molar-refractivity contribution is 7.13. The van der Waals surface area contributed by atoms with E-state index in [-0.39, 0.29) is 0 Å². The molecule has 2 rings (SSSR count). The third-order valence-corrected chi connectivity index (χ3v) is 3.77. The Kier molecular flexibility index (Phi) is 3.67. The molecule has 0 unspecified atom stereocenters. The van der Waals surface area contributed by atoms with Gasteiger partial charge in [0, 0.05) is 17.6 Å². The van der Waals surface area contributed by atoms with Gasteiger partial charge in [-0.2, -0.15) is 0 Å². The first-order valence-corrected chi connectivity index (χ1v) is 6.48. The smallest absolute Gasteiger partial charge is 0.345 e. The molecule has 0 atom stereocenters. The minimum atomic E-state index is -0.857. The molecule has 1 aromatic heterocycles. The molecule has 0 radical (unpaired) electrons. The Balaban J connectivity index is 2.11. The van der Waals surface area contributed by atoms with E-state index < -0.39 is 5.97 Å². The molecule has 0 aliphatic rings.